The number of methoxy groups -OCH3 is 1. The Labute approximate surface area is 129 Å². The van der Waals surface area contributed by atoms with E-state index in [9.17, 15) is 8.78 Å². The lowest BCUT2D eigenvalue weighted by atomic mass is 10.1. The van der Waals surface area contributed by atoms with Gasteiger partial charge in [-0.1, -0.05) is 6.07 Å². The lowest BCUT2D eigenvalue weighted by Gasteiger charge is -2.15. The molecule has 0 saturated carbocycles. The summed E-state index contributed by atoms with van der Waals surface area (Å²) < 4.78 is 34.2. The van der Waals surface area contributed by atoms with Crippen LogP contribution in [-0.2, 0) is 6.42 Å². The molecule has 0 radical (unpaired) electrons. The Kier molecular flexibility index (Phi) is 7.42. The fourth-order valence-corrected chi connectivity index (χ4v) is 1.86. The molecule has 5 nitrogen and oxygen atoms in total. The van der Waals surface area contributed by atoms with Crippen molar-refractivity contribution in [3.8, 4) is 11.5 Å². The van der Waals surface area contributed by atoms with Crippen LogP contribution in [0.15, 0.2) is 23.2 Å². The van der Waals surface area contributed by atoms with E-state index in [0.29, 0.717) is 18.9 Å². The van der Waals surface area contributed by atoms with E-state index >= 15 is 0 Å². The molecule has 0 atom stereocenters. The van der Waals surface area contributed by atoms with E-state index in [4.69, 9.17) is 4.74 Å². The van der Waals surface area contributed by atoms with Crippen molar-refractivity contribution in [2.45, 2.75) is 32.9 Å². The molecule has 0 bridgehead atoms. The molecule has 1 rings (SSSR count). The van der Waals surface area contributed by atoms with Gasteiger partial charge in [0.15, 0.2) is 17.5 Å². The minimum absolute atomic E-state index is 0.0414. The fraction of sp³-hybridized carbons (Fsp3) is 0.533. The molecule has 2 N–H and O–H groups in total. The molecule has 0 aliphatic rings. The van der Waals surface area contributed by atoms with E-state index in [1.165, 1.54) is 7.11 Å². The number of guanidine groups is 1. The number of hydrogen-bond donors (Lipinski definition) is 2. The summed E-state index contributed by atoms with van der Waals surface area (Å²) in [4.78, 5) is 4.09. The smallest absolute Gasteiger partial charge is 0.387 e. The first kappa shape index (κ1) is 18.0. The SMILES string of the molecule is CN=C(NCCc1ccc(OC)c(OC(F)F)c1)NC(C)C. The summed E-state index contributed by atoms with van der Waals surface area (Å²) in [6.45, 7) is 1.78. The van der Waals surface area contributed by atoms with Crippen LogP contribution in [0, 0.1) is 0 Å². The molecule has 0 aliphatic carbocycles. The van der Waals surface area contributed by atoms with Gasteiger partial charge >= 0.3 is 6.61 Å². The highest BCUT2D eigenvalue weighted by Gasteiger charge is 2.11. The molecule has 0 aromatic heterocycles. The lowest BCUT2D eigenvalue weighted by Crippen LogP contribution is -2.41. The van der Waals surface area contributed by atoms with Gasteiger partial charge in [0.05, 0.1) is 7.11 Å². The van der Waals surface area contributed by atoms with E-state index in [2.05, 4.69) is 20.4 Å². The summed E-state index contributed by atoms with van der Waals surface area (Å²) in [5.41, 5.74) is 0.865. The lowest BCUT2D eigenvalue weighted by molar-refractivity contribution is -0.0512. The molecule has 0 fully saturated rings. The van der Waals surface area contributed by atoms with Gasteiger partial charge in [-0.25, -0.2) is 0 Å². The first-order valence-electron chi connectivity index (χ1n) is 7.05. The molecule has 0 aliphatic heterocycles. The number of hydrogen-bond acceptors (Lipinski definition) is 3. The van der Waals surface area contributed by atoms with E-state index < -0.39 is 6.61 Å². The molecule has 0 unspecified atom stereocenters. The first-order chi connectivity index (χ1) is 10.5. The van der Waals surface area contributed by atoms with Gasteiger partial charge in [0.2, 0.25) is 0 Å². The minimum Gasteiger partial charge on any atom is -0.493 e. The van der Waals surface area contributed by atoms with E-state index in [1.807, 2.05) is 19.9 Å². The molecule has 22 heavy (non-hydrogen) atoms. The monoisotopic (exact) mass is 315 g/mol. The zero-order valence-electron chi connectivity index (χ0n) is 13.3. The Bertz CT molecular complexity index is 494. The Balaban J connectivity index is 2.62. The maximum Gasteiger partial charge on any atom is 0.387 e. The van der Waals surface area contributed by atoms with Crippen molar-refractivity contribution in [3.05, 3.63) is 23.8 Å². The average molecular weight is 315 g/mol. The molecule has 0 amide bonds. The van der Waals surface area contributed by atoms with Crippen molar-refractivity contribution in [1.82, 2.24) is 10.6 Å². The minimum atomic E-state index is -2.88. The fourth-order valence-electron chi connectivity index (χ4n) is 1.86. The molecule has 7 heteroatoms. The van der Waals surface area contributed by atoms with Crippen LogP contribution in [0.2, 0.25) is 0 Å². The van der Waals surface area contributed by atoms with E-state index in [0.717, 1.165) is 5.56 Å². The van der Waals surface area contributed by atoms with Crippen LogP contribution < -0.4 is 20.1 Å². The van der Waals surface area contributed by atoms with E-state index in [1.54, 1.807) is 19.2 Å². The van der Waals surface area contributed by atoms with Crippen molar-refractivity contribution in [2.75, 3.05) is 20.7 Å². The summed E-state index contributed by atoms with van der Waals surface area (Å²) in [5, 5.41) is 6.32. The summed E-state index contributed by atoms with van der Waals surface area (Å²) in [7, 11) is 3.11. The van der Waals surface area contributed by atoms with Crippen LogP contribution in [0.3, 0.4) is 0 Å². The third-order valence-corrected chi connectivity index (χ3v) is 2.80. The van der Waals surface area contributed by atoms with Crippen LogP contribution in [0.25, 0.3) is 0 Å². The normalized spacial score (nSPS) is 11.7. The van der Waals surface area contributed by atoms with Crippen molar-refractivity contribution in [2.24, 2.45) is 4.99 Å². The van der Waals surface area contributed by atoms with Crippen molar-refractivity contribution < 1.29 is 18.3 Å². The predicted molar refractivity (Wildman–Crippen MR) is 83.0 cm³/mol. The second-order valence-electron chi connectivity index (χ2n) is 4.91. The highest BCUT2D eigenvalue weighted by Crippen LogP contribution is 2.29. The van der Waals surface area contributed by atoms with Gasteiger partial charge in [0.1, 0.15) is 0 Å². The van der Waals surface area contributed by atoms with Gasteiger partial charge in [-0.3, -0.25) is 4.99 Å². The maximum atomic E-state index is 12.4. The molecule has 1 aromatic rings. The molecule has 0 saturated heterocycles. The maximum absolute atomic E-state index is 12.4. The Morgan fingerprint density at radius 3 is 2.55 bits per heavy atom. The van der Waals surface area contributed by atoms with E-state index in [-0.39, 0.29) is 17.5 Å². The number of benzene rings is 1. The van der Waals surface area contributed by atoms with Gasteiger partial charge in [0, 0.05) is 19.6 Å². The van der Waals surface area contributed by atoms with Gasteiger partial charge in [-0.2, -0.15) is 8.78 Å². The predicted octanol–water partition coefficient (Wildman–Crippen LogP) is 2.41. The van der Waals surface area contributed by atoms with Crippen LogP contribution >= 0.6 is 0 Å². The highest BCUT2D eigenvalue weighted by atomic mass is 19.3. The van der Waals surface area contributed by atoms with Gasteiger partial charge in [-0.15, -0.1) is 0 Å². The van der Waals surface area contributed by atoms with Gasteiger partial charge in [0.25, 0.3) is 0 Å². The molecule has 0 heterocycles. The zero-order valence-corrected chi connectivity index (χ0v) is 13.3. The summed E-state index contributed by atoms with van der Waals surface area (Å²) in [6.07, 6.45) is 0.641. The quantitative estimate of drug-likeness (QED) is 0.599. The van der Waals surface area contributed by atoms with Crippen LogP contribution in [0.5, 0.6) is 11.5 Å². The standard InChI is InChI=1S/C15H23F2N3O2/c1-10(2)20-15(18-3)19-8-7-11-5-6-12(21-4)13(9-11)22-14(16)17/h5-6,9-10,14H,7-8H2,1-4H3,(H2,18,19,20). The molecule has 0 spiro atoms. The number of ether oxygens (including phenoxy) is 2. The molecule has 1 aromatic carbocycles. The van der Waals surface area contributed by atoms with Crippen molar-refractivity contribution in [1.29, 1.82) is 0 Å². The Morgan fingerprint density at radius 2 is 2.00 bits per heavy atom. The highest BCUT2D eigenvalue weighted by molar-refractivity contribution is 5.79. The number of nitrogens with one attached hydrogen (secondary N) is 2. The summed E-state index contributed by atoms with van der Waals surface area (Å²) in [5.74, 6) is 1.03. The number of alkyl halides is 2. The Morgan fingerprint density at radius 1 is 1.27 bits per heavy atom. The van der Waals surface area contributed by atoms with Crippen LogP contribution in [0.1, 0.15) is 19.4 Å². The first-order valence-corrected chi connectivity index (χ1v) is 7.05. The summed E-state index contributed by atoms with van der Waals surface area (Å²) >= 11 is 0. The number of aliphatic imine (C=N–C) groups is 1. The third kappa shape index (κ3) is 6.15. The van der Waals surface area contributed by atoms with Crippen LogP contribution in [-0.4, -0.2) is 39.3 Å². The second kappa shape index (κ2) is 9.07. The largest absolute Gasteiger partial charge is 0.493 e. The number of rotatable bonds is 7. The number of halogens is 2. The molecular formula is C15H23F2N3O2. The average Bonchev–Trinajstić information content (AvgIpc) is 2.45. The van der Waals surface area contributed by atoms with Gasteiger partial charge < -0.3 is 20.1 Å². The second-order valence-corrected chi connectivity index (χ2v) is 4.91. The van der Waals surface area contributed by atoms with Crippen molar-refractivity contribution in [3.63, 3.8) is 0 Å². The molecule has 124 valence electrons. The van der Waals surface area contributed by atoms with Crippen LogP contribution in [0.4, 0.5) is 8.78 Å². The zero-order chi connectivity index (χ0) is 16.5. The molecular weight excluding hydrogens is 292 g/mol. The van der Waals surface area contributed by atoms with Gasteiger partial charge in [-0.05, 0) is 38.0 Å². The Hall–Kier alpha value is -2.05. The van der Waals surface area contributed by atoms with Crippen molar-refractivity contribution >= 4 is 5.96 Å². The summed E-state index contributed by atoms with van der Waals surface area (Å²) in [6, 6.07) is 5.27. The number of nitrogens with zero attached hydrogens (tertiary/aromatic N) is 1. The third-order valence-electron chi connectivity index (χ3n) is 2.80. The topological polar surface area (TPSA) is 54.9 Å².